The molecule has 1 aromatic rings. The Morgan fingerprint density at radius 2 is 2.00 bits per heavy atom. The molecule has 0 bridgehead atoms. The van der Waals surface area contributed by atoms with E-state index in [9.17, 15) is 4.79 Å². The number of benzene rings is 1. The Kier molecular flexibility index (Phi) is 7.86. The molecule has 0 amide bonds. The predicted molar refractivity (Wildman–Crippen MR) is 76.9 cm³/mol. The molecule has 19 heavy (non-hydrogen) atoms. The first-order valence-corrected chi connectivity index (χ1v) is 6.72. The topological polar surface area (TPSA) is 41.6 Å². The van der Waals surface area contributed by atoms with Crippen LogP contribution in [0, 0.1) is 0 Å². The van der Waals surface area contributed by atoms with E-state index in [1.807, 2.05) is 6.07 Å². The summed E-state index contributed by atoms with van der Waals surface area (Å²) >= 11 is 0. The maximum Gasteiger partial charge on any atom is 0.306 e. The van der Waals surface area contributed by atoms with E-state index in [0.717, 1.165) is 26.1 Å². The molecule has 4 heteroatoms. The van der Waals surface area contributed by atoms with E-state index in [4.69, 9.17) is 0 Å². The first kappa shape index (κ1) is 15.7. The van der Waals surface area contributed by atoms with Gasteiger partial charge in [-0.05, 0) is 32.1 Å². The summed E-state index contributed by atoms with van der Waals surface area (Å²) in [5.74, 6) is -0.159. The fraction of sp³-hybridized carbons (Fsp3) is 0.533. The summed E-state index contributed by atoms with van der Waals surface area (Å²) in [5, 5.41) is 3.24. The van der Waals surface area contributed by atoms with Gasteiger partial charge >= 0.3 is 5.97 Å². The molecule has 0 fully saturated rings. The highest BCUT2D eigenvalue weighted by Gasteiger charge is 2.01. The highest BCUT2D eigenvalue weighted by molar-refractivity contribution is 5.69. The average molecular weight is 264 g/mol. The first-order chi connectivity index (χ1) is 9.22. The van der Waals surface area contributed by atoms with Gasteiger partial charge in [0.15, 0.2) is 0 Å². The zero-order valence-electron chi connectivity index (χ0n) is 11.9. The summed E-state index contributed by atoms with van der Waals surface area (Å²) in [5.41, 5.74) is 1.34. The lowest BCUT2D eigenvalue weighted by Gasteiger charge is -2.16. The number of carbonyl (C=O) groups excluding carboxylic acids is 1. The van der Waals surface area contributed by atoms with Gasteiger partial charge in [0.05, 0.1) is 13.5 Å². The van der Waals surface area contributed by atoms with Gasteiger partial charge in [-0.1, -0.05) is 30.3 Å². The Bertz CT molecular complexity index is 354. The van der Waals surface area contributed by atoms with Crippen LogP contribution in [0.15, 0.2) is 30.3 Å². The van der Waals surface area contributed by atoms with E-state index in [-0.39, 0.29) is 5.97 Å². The van der Waals surface area contributed by atoms with Crippen molar-refractivity contribution in [1.29, 1.82) is 0 Å². The number of esters is 1. The summed E-state index contributed by atoms with van der Waals surface area (Å²) < 4.78 is 4.57. The molecular formula is C15H24N2O2. The van der Waals surface area contributed by atoms with Crippen LogP contribution in [0.1, 0.15) is 18.4 Å². The van der Waals surface area contributed by atoms with Crippen LogP contribution in [0.5, 0.6) is 0 Å². The normalized spacial score (nSPS) is 10.7. The molecule has 0 radical (unpaired) electrons. The second-order valence-electron chi connectivity index (χ2n) is 4.65. The standard InChI is InChI=1S/C15H24N2O2/c1-17(13-14-7-4-3-5-8-14)12-6-10-16-11-9-15(18)19-2/h3-5,7-8,16H,6,9-13H2,1-2H3. The van der Waals surface area contributed by atoms with Crippen molar-refractivity contribution in [3.63, 3.8) is 0 Å². The van der Waals surface area contributed by atoms with Crippen LogP contribution >= 0.6 is 0 Å². The highest BCUT2D eigenvalue weighted by atomic mass is 16.5. The SMILES string of the molecule is COC(=O)CCNCCCN(C)Cc1ccccc1. The van der Waals surface area contributed by atoms with E-state index < -0.39 is 0 Å². The molecule has 0 saturated carbocycles. The second kappa shape index (κ2) is 9.53. The molecule has 0 spiro atoms. The summed E-state index contributed by atoms with van der Waals surface area (Å²) in [6.45, 7) is 3.63. The number of ether oxygens (including phenoxy) is 1. The van der Waals surface area contributed by atoms with Crippen molar-refractivity contribution in [1.82, 2.24) is 10.2 Å². The monoisotopic (exact) mass is 264 g/mol. The van der Waals surface area contributed by atoms with Crippen LogP contribution in [-0.4, -0.2) is 44.7 Å². The van der Waals surface area contributed by atoms with Crippen LogP contribution in [-0.2, 0) is 16.1 Å². The summed E-state index contributed by atoms with van der Waals surface area (Å²) in [6, 6.07) is 10.5. The number of carbonyl (C=O) groups is 1. The van der Waals surface area contributed by atoms with Gasteiger partial charge in [-0.15, -0.1) is 0 Å². The number of methoxy groups -OCH3 is 1. The predicted octanol–water partition coefficient (Wildman–Crippen LogP) is 1.66. The minimum atomic E-state index is -0.159. The van der Waals surface area contributed by atoms with Gasteiger partial charge in [0.25, 0.3) is 0 Å². The Hall–Kier alpha value is -1.39. The molecule has 0 aliphatic carbocycles. The highest BCUT2D eigenvalue weighted by Crippen LogP contribution is 2.02. The Morgan fingerprint density at radius 3 is 2.68 bits per heavy atom. The Labute approximate surface area is 115 Å². The fourth-order valence-corrected chi connectivity index (χ4v) is 1.87. The molecule has 1 aromatic carbocycles. The lowest BCUT2D eigenvalue weighted by Crippen LogP contribution is -2.25. The van der Waals surface area contributed by atoms with E-state index >= 15 is 0 Å². The lowest BCUT2D eigenvalue weighted by molar-refractivity contribution is -0.140. The van der Waals surface area contributed by atoms with Gasteiger partial charge in [-0.2, -0.15) is 0 Å². The van der Waals surface area contributed by atoms with Crippen molar-refractivity contribution in [2.24, 2.45) is 0 Å². The zero-order valence-corrected chi connectivity index (χ0v) is 11.9. The van der Waals surface area contributed by atoms with Crippen molar-refractivity contribution in [2.45, 2.75) is 19.4 Å². The zero-order chi connectivity index (χ0) is 13.9. The van der Waals surface area contributed by atoms with Gasteiger partial charge in [-0.3, -0.25) is 4.79 Å². The van der Waals surface area contributed by atoms with Crippen LogP contribution in [0.3, 0.4) is 0 Å². The molecule has 0 atom stereocenters. The van der Waals surface area contributed by atoms with Crippen molar-refractivity contribution in [3.8, 4) is 0 Å². The smallest absolute Gasteiger partial charge is 0.306 e. The Balaban J connectivity index is 2.01. The van der Waals surface area contributed by atoms with Crippen molar-refractivity contribution in [2.75, 3.05) is 33.8 Å². The van der Waals surface area contributed by atoms with Gasteiger partial charge in [0.2, 0.25) is 0 Å². The Morgan fingerprint density at radius 1 is 1.26 bits per heavy atom. The maximum absolute atomic E-state index is 10.9. The van der Waals surface area contributed by atoms with Gasteiger partial charge in [0, 0.05) is 13.1 Å². The minimum Gasteiger partial charge on any atom is -0.469 e. The van der Waals surface area contributed by atoms with E-state index in [1.54, 1.807) is 0 Å². The third-order valence-corrected chi connectivity index (χ3v) is 2.92. The van der Waals surface area contributed by atoms with E-state index in [1.165, 1.54) is 12.7 Å². The molecule has 106 valence electrons. The molecule has 0 aliphatic heterocycles. The van der Waals surface area contributed by atoms with E-state index in [2.05, 4.69) is 46.3 Å². The minimum absolute atomic E-state index is 0.159. The molecule has 1 N–H and O–H groups in total. The van der Waals surface area contributed by atoms with Gasteiger partial charge < -0.3 is 15.0 Å². The summed E-state index contributed by atoms with van der Waals surface area (Å²) in [7, 11) is 3.54. The molecule has 4 nitrogen and oxygen atoms in total. The fourth-order valence-electron chi connectivity index (χ4n) is 1.87. The molecule has 0 saturated heterocycles. The average Bonchev–Trinajstić information content (AvgIpc) is 2.43. The van der Waals surface area contributed by atoms with Crippen LogP contribution in [0.4, 0.5) is 0 Å². The summed E-state index contributed by atoms with van der Waals surface area (Å²) in [4.78, 5) is 13.2. The summed E-state index contributed by atoms with van der Waals surface area (Å²) in [6.07, 6.45) is 1.51. The van der Waals surface area contributed by atoms with Gasteiger partial charge in [0.1, 0.15) is 0 Å². The quantitative estimate of drug-likeness (QED) is 0.544. The third-order valence-electron chi connectivity index (χ3n) is 2.92. The van der Waals surface area contributed by atoms with Crippen molar-refractivity contribution < 1.29 is 9.53 Å². The molecule has 1 rings (SSSR count). The maximum atomic E-state index is 10.9. The number of rotatable bonds is 9. The lowest BCUT2D eigenvalue weighted by atomic mass is 10.2. The van der Waals surface area contributed by atoms with Crippen LogP contribution in [0.2, 0.25) is 0 Å². The molecule has 0 aliphatic rings. The van der Waals surface area contributed by atoms with Crippen molar-refractivity contribution >= 4 is 5.97 Å². The molecule has 0 heterocycles. The number of nitrogens with zero attached hydrogens (tertiary/aromatic N) is 1. The third kappa shape index (κ3) is 7.59. The van der Waals surface area contributed by atoms with Crippen molar-refractivity contribution in [3.05, 3.63) is 35.9 Å². The molecule has 0 aromatic heterocycles. The second-order valence-corrected chi connectivity index (χ2v) is 4.65. The largest absolute Gasteiger partial charge is 0.469 e. The number of hydrogen-bond donors (Lipinski definition) is 1. The van der Waals surface area contributed by atoms with Crippen LogP contribution < -0.4 is 5.32 Å². The van der Waals surface area contributed by atoms with Crippen LogP contribution in [0.25, 0.3) is 0 Å². The first-order valence-electron chi connectivity index (χ1n) is 6.72. The molecular weight excluding hydrogens is 240 g/mol. The molecule has 0 unspecified atom stereocenters. The number of hydrogen-bond acceptors (Lipinski definition) is 4. The number of nitrogens with one attached hydrogen (secondary N) is 1. The van der Waals surface area contributed by atoms with E-state index in [0.29, 0.717) is 13.0 Å². The van der Waals surface area contributed by atoms with Gasteiger partial charge in [-0.25, -0.2) is 0 Å².